The molecular formula is C30H27ClF4N4O4S. The molecule has 2 aromatic carbocycles. The van der Waals surface area contributed by atoms with Gasteiger partial charge in [-0.05, 0) is 79.8 Å². The van der Waals surface area contributed by atoms with Gasteiger partial charge in [-0.1, -0.05) is 17.7 Å². The predicted octanol–water partition coefficient (Wildman–Crippen LogP) is 5.55. The number of alkyl halides is 3. The average Bonchev–Trinajstić information content (AvgIpc) is 2.96. The molecule has 8 nitrogen and oxygen atoms in total. The van der Waals surface area contributed by atoms with Crippen molar-refractivity contribution in [2.45, 2.75) is 38.4 Å². The highest BCUT2D eigenvalue weighted by atomic mass is 35.5. The molecule has 1 aliphatic rings. The summed E-state index contributed by atoms with van der Waals surface area (Å²) in [6.45, 7) is 1.73. The van der Waals surface area contributed by atoms with Gasteiger partial charge in [0.15, 0.2) is 5.65 Å². The Morgan fingerprint density at radius 1 is 1.11 bits per heavy atom. The number of nitrogens with zero attached hydrogens (tertiary/aromatic N) is 4. The third-order valence-electron chi connectivity index (χ3n) is 7.74. The molecule has 1 amide bonds. The van der Waals surface area contributed by atoms with Crippen LogP contribution in [0, 0.1) is 11.7 Å². The van der Waals surface area contributed by atoms with Gasteiger partial charge in [0.25, 0.3) is 5.56 Å². The van der Waals surface area contributed by atoms with Crippen LogP contribution in [0.1, 0.15) is 42.8 Å². The van der Waals surface area contributed by atoms with Crippen molar-refractivity contribution in [1.82, 2.24) is 19.4 Å². The first kappa shape index (κ1) is 31.6. The molecule has 0 radical (unpaired) electrons. The highest BCUT2D eigenvalue weighted by Gasteiger charge is 2.35. The zero-order chi connectivity index (χ0) is 31.8. The van der Waals surface area contributed by atoms with E-state index in [9.17, 15) is 35.6 Å². The van der Waals surface area contributed by atoms with Crippen LogP contribution >= 0.6 is 11.6 Å². The lowest BCUT2D eigenvalue weighted by molar-refractivity contribution is -0.140. The van der Waals surface area contributed by atoms with Gasteiger partial charge in [-0.15, -0.1) is 0 Å². The first-order chi connectivity index (χ1) is 20.7. The van der Waals surface area contributed by atoms with Crippen molar-refractivity contribution >= 4 is 38.4 Å². The molecule has 1 atom stereocenters. The average molecular weight is 651 g/mol. The molecule has 5 rings (SSSR count). The number of amides is 1. The van der Waals surface area contributed by atoms with Crippen molar-refractivity contribution in [1.29, 1.82) is 0 Å². The van der Waals surface area contributed by atoms with Crippen molar-refractivity contribution in [2.75, 3.05) is 18.1 Å². The quantitative estimate of drug-likeness (QED) is 0.243. The van der Waals surface area contributed by atoms with E-state index in [1.54, 1.807) is 43.3 Å². The minimum absolute atomic E-state index is 0.0205. The summed E-state index contributed by atoms with van der Waals surface area (Å²) in [5.41, 5.74) is -1.31. The van der Waals surface area contributed by atoms with E-state index in [0.29, 0.717) is 35.7 Å². The minimum atomic E-state index is -4.89. The highest BCUT2D eigenvalue weighted by Crippen LogP contribution is 2.32. The summed E-state index contributed by atoms with van der Waals surface area (Å²) in [6.07, 6.45) is -3.27. The van der Waals surface area contributed by atoms with E-state index >= 15 is 0 Å². The summed E-state index contributed by atoms with van der Waals surface area (Å²) in [6, 6.07) is 11.0. The summed E-state index contributed by atoms with van der Waals surface area (Å²) in [7, 11) is -3.20. The van der Waals surface area contributed by atoms with E-state index in [4.69, 9.17) is 11.6 Å². The Hall–Kier alpha value is -3.84. The SMILES string of the molecule is CC(c1nc2ncccc2c(=O)n1-c1ccc(Cl)cc1)N(CC1CCS(=O)(=O)CC1)C(=O)Cc1ccc(C(F)(F)F)c(F)c1. The molecule has 1 saturated heterocycles. The van der Waals surface area contributed by atoms with E-state index in [1.807, 2.05) is 0 Å². The summed E-state index contributed by atoms with van der Waals surface area (Å²) in [5, 5.41) is 0.661. The highest BCUT2D eigenvalue weighted by molar-refractivity contribution is 7.91. The first-order valence-corrected chi connectivity index (χ1v) is 15.9. The molecule has 14 heteroatoms. The molecule has 0 bridgehead atoms. The number of carbonyl (C=O) groups is 1. The fourth-order valence-corrected chi connectivity index (χ4v) is 7.06. The number of hydrogen-bond donors (Lipinski definition) is 0. The minimum Gasteiger partial charge on any atom is -0.332 e. The van der Waals surface area contributed by atoms with Gasteiger partial charge in [-0.3, -0.25) is 14.2 Å². The van der Waals surface area contributed by atoms with Crippen molar-refractivity contribution in [3.8, 4) is 5.69 Å². The molecule has 3 heterocycles. The monoisotopic (exact) mass is 650 g/mol. The second kappa shape index (κ2) is 12.3. The van der Waals surface area contributed by atoms with E-state index < -0.39 is 51.3 Å². The maximum atomic E-state index is 14.4. The first-order valence-electron chi connectivity index (χ1n) is 13.7. The number of halogens is 5. The predicted molar refractivity (Wildman–Crippen MR) is 157 cm³/mol. The third kappa shape index (κ3) is 6.78. The van der Waals surface area contributed by atoms with Crippen LogP contribution < -0.4 is 5.56 Å². The Bertz CT molecular complexity index is 1870. The number of sulfone groups is 1. The topological polar surface area (TPSA) is 102 Å². The molecule has 0 N–H and O–H groups in total. The molecule has 0 saturated carbocycles. The third-order valence-corrected chi connectivity index (χ3v) is 9.71. The molecule has 2 aromatic heterocycles. The summed E-state index contributed by atoms with van der Waals surface area (Å²) in [5.74, 6) is -2.23. The van der Waals surface area contributed by atoms with Crippen LogP contribution in [0.25, 0.3) is 16.7 Å². The fraction of sp³-hybridized carbons (Fsp3) is 0.333. The van der Waals surface area contributed by atoms with Gasteiger partial charge in [-0.2, -0.15) is 13.2 Å². The van der Waals surface area contributed by atoms with Gasteiger partial charge in [0.2, 0.25) is 5.91 Å². The number of aromatic nitrogens is 3. The Balaban J connectivity index is 1.58. The lowest BCUT2D eigenvalue weighted by atomic mass is 10.00. The van der Waals surface area contributed by atoms with Gasteiger partial charge >= 0.3 is 6.18 Å². The maximum absolute atomic E-state index is 14.4. The van der Waals surface area contributed by atoms with Crippen LogP contribution in [0.3, 0.4) is 0 Å². The van der Waals surface area contributed by atoms with Crippen LogP contribution in [0.5, 0.6) is 0 Å². The van der Waals surface area contributed by atoms with Gasteiger partial charge in [0.1, 0.15) is 21.5 Å². The van der Waals surface area contributed by atoms with Crippen LogP contribution in [0.2, 0.25) is 5.02 Å². The van der Waals surface area contributed by atoms with Crippen LogP contribution in [0.15, 0.2) is 65.6 Å². The fourth-order valence-electron chi connectivity index (χ4n) is 5.35. The van der Waals surface area contributed by atoms with E-state index in [0.717, 1.165) is 6.07 Å². The lowest BCUT2D eigenvalue weighted by Crippen LogP contribution is -2.42. The summed E-state index contributed by atoms with van der Waals surface area (Å²) < 4.78 is 79.2. The van der Waals surface area contributed by atoms with E-state index in [2.05, 4.69) is 9.97 Å². The molecule has 44 heavy (non-hydrogen) atoms. The molecule has 0 spiro atoms. The van der Waals surface area contributed by atoms with Crippen molar-refractivity contribution in [2.24, 2.45) is 5.92 Å². The molecule has 1 aliphatic heterocycles. The lowest BCUT2D eigenvalue weighted by Gasteiger charge is -2.34. The number of rotatable bonds is 7. The maximum Gasteiger partial charge on any atom is 0.419 e. The molecular weight excluding hydrogens is 624 g/mol. The normalized spacial score (nSPS) is 16.1. The Morgan fingerprint density at radius 3 is 2.43 bits per heavy atom. The number of fused-ring (bicyclic) bond motifs is 1. The van der Waals surface area contributed by atoms with E-state index in [-0.39, 0.29) is 46.4 Å². The largest absolute Gasteiger partial charge is 0.419 e. The van der Waals surface area contributed by atoms with Gasteiger partial charge in [-0.25, -0.2) is 22.8 Å². The standard InChI is InChI=1S/C30H27ClF4N4O4S/c1-18(28-37-27-23(3-2-12-36-27)29(41)39(28)22-7-5-21(31)6-8-22)38(17-19-10-13-44(42,43)14-11-19)26(40)16-20-4-9-24(25(32)15-20)30(33,34)35/h2-9,12,15,18-19H,10-11,13-14,16-17H2,1H3. The summed E-state index contributed by atoms with van der Waals surface area (Å²) in [4.78, 5) is 38.0. The zero-order valence-electron chi connectivity index (χ0n) is 23.4. The molecule has 232 valence electrons. The Kier molecular flexibility index (Phi) is 8.81. The number of benzene rings is 2. The smallest absolute Gasteiger partial charge is 0.332 e. The van der Waals surface area contributed by atoms with Crippen LogP contribution in [-0.2, 0) is 27.2 Å². The van der Waals surface area contributed by atoms with Crippen LogP contribution in [-0.4, -0.2) is 51.8 Å². The second-order valence-corrected chi connectivity index (χ2v) is 13.5. The molecule has 0 aliphatic carbocycles. The van der Waals surface area contributed by atoms with Crippen molar-refractivity contribution in [3.05, 3.63) is 98.9 Å². The number of pyridine rings is 1. The molecule has 4 aromatic rings. The second-order valence-electron chi connectivity index (χ2n) is 10.8. The van der Waals surface area contributed by atoms with Gasteiger partial charge in [0, 0.05) is 17.8 Å². The number of carbonyl (C=O) groups excluding carboxylic acids is 1. The van der Waals surface area contributed by atoms with Crippen LogP contribution in [0.4, 0.5) is 17.6 Å². The Labute approximate surface area is 255 Å². The Morgan fingerprint density at radius 2 is 1.80 bits per heavy atom. The van der Waals surface area contributed by atoms with Gasteiger partial charge < -0.3 is 4.90 Å². The zero-order valence-corrected chi connectivity index (χ0v) is 25.0. The summed E-state index contributed by atoms with van der Waals surface area (Å²) >= 11 is 6.08. The number of hydrogen-bond acceptors (Lipinski definition) is 6. The van der Waals surface area contributed by atoms with Crippen molar-refractivity contribution in [3.63, 3.8) is 0 Å². The van der Waals surface area contributed by atoms with Crippen molar-refractivity contribution < 1.29 is 30.8 Å². The van der Waals surface area contributed by atoms with Gasteiger partial charge in [0.05, 0.1) is 40.6 Å². The molecule has 1 fully saturated rings. The van der Waals surface area contributed by atoms with E-state index in [1.165, 1.54) is 15.7 Å². The molecule has 1 unspecified atom stereocenters.